The summed E-state index contributed by atoms with van der Waals surface area (Å²) < 4.78 is 7.08. The molecule has 2 heterocycles. The van der Waals surface area contributed by atoms with E-state index in [1.807, 2.05) is 32.9 Å². The highest BCUT2D eigenvalue weighted by molar-refractivity contribution is 5.76. The molecule has 0 spiro atoms. The van der Waals surface area contributed by atoms with E-state index < -0.39 is 0 Å². The summed E-state index contributed by atoms with van der Waals surface area (Å²) in [4.78, 5) is 24.9. The van der Waals surface area contributed by atoms with Crippen molar-refractivity contribution in [2.24, 2.45) is 5.92 Å². The van der Waals surface area contributed by atoms with E-state index in [9.17, 15) is 14.7 Å². The lowest BCUT2D eigenvalue weighted by Crippen LogP contribution is -2.34. The summed E-state index contributed by atoms with van der Waals surface area (Å²) >= 11 is 0. The number of nitrogens with zero attached hydrogens (tertiary/aromatic N) is 1. The number of benzene rings is 1. The number of pyridine rings is 1. The van der Waals surface area contributed by atoms with Crippen molar-refractivity contribution < 1.29 is 14.6 Å². The van der Waals surface area contributed by atoms with Crippen molar-refractivity contribution in [3.63, 3.8) is 0 Å². The molecule has 1 aromatic heterocycles. The molecule has 0 bridgehead atoms. The lowest BCUT2D eigenvalue weighted by atomic mass is 9.84. The largest absolute Gasteiger partial charge is 0.508 e. The smallest absolute Gasteiger partial charge is 0.311 e. The summed E-state index contributed by atoms with van der Waals surface area (Å²) in [6, 6.07) is 8.79. The maximum atomic E-state index is 13.1. The molecular weight excluding hydrogens is 318 g/mol. The van der Waals surface area contributed by atoms with E-state index in [2.05, 4.69) is 0 Å². The average Bonchev–Trinajstić information content (AvgIpc) is 2.55. The molecule has 2 aromatic rings. The fraction of sp³-hybridized carbons (Fsp3) is 0.400. The molecule has 1 N–H and O–H groups in total. The Kier molecular flexibility index (Phi) is 4.66. The molecule has 0 fully saturated rings. The van der Waals surface area contributed by atoms with Crippen LogP contribution in [0.1, 0.15) is 43.0 Å². The summed E-state index contributed by atoms with van der Waals surface area (Å²) in [6.07, 6.45) is 0.937. The van der Waals surface area contributed by atoms with Crippen LogP contribution in [0.25, 0.3) is 0 Å². The predicted octanol–water partition coefficient (Wildman–Crippen LogP) is 3.15. The van der Waals surface area contributed by atoms with Gasteiger partial charge in [-0.05, 0) is 37.0 Å². The molecule has 0 radical (unpaired) electrons. The Balaban J connectivity index is 1.95. The van der Waals surface area contributed by atoms with Crippen molar-refractivity contribution in [1.82, 2.24) is 4.57 Å². The van der Waals surface area contributed by atoms with E-state index in [0.29, 0.717) is 24.3 Å². The monoisotopic (exact) mass is 341 g/mol. The van der Waals surface area contributed by atoms with Crippen molar-refractivity contribution in [2.75, 3.05) is 0 Å². The highest BCUT2D eigenvalue weighted by Gasteiger charge is 2.33. The number of aryl methyl sites for hydroxylation is 2. The van der Waals surface area contributed by atoms with Gasteiger partial charge < -0.3 is 14.4 Å². The maximum absolute atomic E-state index is 13.1. The number of hydrogen-bond donors (Lipinski definition) is 1. The first-order valence-electron chi connectivity index (χ1n) is 8.59. The summed E-state index contributed by atoms with van der Waals surface area (Å²) in [6.45, 7) is 6.44. The standard InChI is InChI=1S/C20H23NO4/c1-12(2)16-11-18(23)25-17-10-13(3)21(20(24)19(16)17)9-8-14-4-6-15(22)7-5-14/h4-7,10,12,16,22H,8-9,11H2,1-3H3/t16-/m1/s1. The number of fused-ring (bicyclic) bond motifs is 1. The van der Waals surface area contributed by atoms with Gasteiger partial charge in [0.1, 0.15) is 11.5 Å². The van der Waals surface area contributed by atoms with E-state index in [-0.39, 0.29) is 35.5 Å². The second-order valence-electron chi connectivity index (χ2n) is 6.97. The molecule has 0 amide bonds. The van der Waals surface area contributed by atoms with E-state index >= 15 is 0 Å². The van der Waals surface area contributed by atoms with Crippen molar-refractivity contribution >= 4 is 5.97 Å². The molecule has 132 valence electrons. The van der Waals surface area contributed by atoms with Crippen LogP contribution < -0.4 is 10.3 Å². The highest BCUT2D eigenvalue weighted by atomic mass is 16.5. The third-order valence-electron chi connectivity index (χ3n) is 4.85. The Morgan fingerprint density at radius 1 is 1.24 bits per heavy atom. The number of phenols is 1. The van der Waals surface area contributed by atoms with Gasteiger partial charge in [-0.2, -0.15) is 0 Å². The molecule has 0 aliphatic carbocycles. The normalized spacial score (nSPS) is 16.6. The third kappa shape index (κ3) is 3.45. The second-order valence-corrected chi connectivity index (χ2v) is 6.97. The molecule has 3 rings (SSSR count). The number of ether oxygens (including phenoxy) is 1. The number of rotatable bonds is 4. The number of aromatic hydroxyl groups is 1. The Morgan fingerprint density at radius 3 is 2.56 bits per heavy atom. The van der Waals surface area contributed by atoms with Crippen molar-refractivity contribution in [1.29, 1.82) is 0 Å². The maximum Gasteiger partial charge on any atom is 0.311 e. The van der Waals surface area contributed by atoms with Crippen LogP contribution in [0, 0.1) is 12.8 Å². The number of carbonyl (C=O) groups is 1. The molecule has 0 saturated heterocycles. The zero-order valence-corrected chi connectivity index (χ0v) is 14.8. The van der Waals surface area contributed by atoms with E-state index in [1.165, 1.54) is 0 Å². The fourth-order valence-corrected chi connectivity index (χ4v) is 3.38. The van der Waals surface area contributed by atoms with Gasteiger partial charge in [0.05, 0.1) is 12.0 Å². The first-order valence-corrected chi connectivity index (χ1v) is 8.59. The molecule has 1 aromatic carbocycles. The quantitative estimate of drug-likeness (QED) is 0.868. The lowest BCUT2D eigenvalue weighted by Gasteiger charge is -2.28. The molecule has 1 atom stereocenters. The van der Waals surface area contributed by atoms with Crippen molar-refractivity contribution in [3.05, 3.63) is 57.5 Å². The van der Waals surface area contributed by atoms with Crippen LogP contribution in [-0.4, -0.2) is 15.6 Å². The minimum atomic E-state index is -0.271. The van der Waals surface area contributed by atoms with Crippen LogP contribution in [0.4, 0.5) is 0 Å². The van der Waals surface area contributed by atoms with Gasteiger partial charge in [-0.3, -0.25) is 9.59 Å². The molecule has 0 saturated carbocycles. The zero-order chi connectivity index (χ0) is 18.1. The van der Waals surface area contributed by atoms with Gasteiger partial charge in [0.25, 0.3) is 5.56 Å². The topological polar surface area (TPSA) is 68.5 Å². The zero-order valence-electron chi connectivity index (χ0n) is 14.8. The first kappa shape index (κ1) is 17.3. The number of phenolic OH excluding ortho intramolecular Hbond substituents is 1. The molecule has 5 heteroatoms. The number of esters is 1. The first-order chi connectivity index (χ1) is 11.9. The predicted molar refractivity (Wildman–Crippen MR) is 95.1 cm³/mol. The summed E-state index contributed by atoms with van der Waals surface area (Å²) in [5.41, 5.74) is 2.37. The molecule has 0 unspecified atom stereocenters. The average molecular weight is 341 g/mol. The van der Waals surface area contributed by atoms with Crippen molar-refractivity contribution in [3.8, 4) is 11.5 Å². The van der Waals surface area contributed by atoms with Crippen LogP contribution >= 0.6 is 0 Å². The second kappa shape index (κ2) is 6.75. The van der Waals surface area contributed by atoms with E-state index in [4.69, 9.17) is 4.74 Å². The number of carbonyl (C=O) groups excluding carboxylic acids is 1. The lowest BCUT2D eigenvalue weighted by molar-refractivity contribution is -0.136. The van der Waals surface area contributed by atoms with E-state index in [1.54, 1.807) is 22.8 Å². The van der Waals surface area contributed by atoms with Gasteiger partial charge in [0, 0.05) is 24.2 Å². The Morgan fingerprint density at radius 2 is 1.92 bits per heavy atom. The summed E-state index contributed by atoms with van der Waals surface area (Å²) in [5, 5.41) is 9.37. The minimum Gasteiger partial charge on any atom is -0.508 e. The summed E-state index contributed by atoms with van der Waals surface area (Å²) in [5.74, 6) is 0.453. The van der Waals surface area contributed by atoms with Gasteiger partial charge in [-0.1, -0.05) is 26.0 Å². The third-order valence-corrected chi connectivity index (χ3v) is 4.85. The molecule has 5 nitrogen and oxygen atoms in total. The van der Waals surface area contributed by atoms with Crippen molar-refractivity contribution in [2.45, 2.75) is 46.1 Å². The van der Waals surface area contributed by atoms with Gasteiger partial charge in [0.15, 0.2) is 0 Å². The minimum absolute atomic E-state index is 0.0695. The highest BCUT2D eigenvalue weighted by Crippen LogP contribution is 2.36. The van der Waals surface area contributed by atoms with E-state index in [0.717, 1.165) is 11.3 Å². The molecule has 1 aliphatic rings. The van der Waals surface area contributed by atoms with Gasteiger partial charge in [-0.25, -0.2) is 0 Å². The molecule has 1 aliphatic heterocycles. The van der Waals surface area contributed by atoms with Gasteiger partial charge in [0.2, 0.25) is 0 Å². The molecule has 25 heavy (non-hydrogen) atoms. The molecular formula is C20H23NO4. The Labute approximate surface area is 146 Å². The number of hydrogen-bond acceptors (Lipinski definition) is 4. The van der Waals surface area contributed by atoms with Gasteiger partial charge >= 0.3 is 5.97 Å². The summed E-state index contributed by atoms with van der Waals surface area (Å²) in [7, 11) is 0. The fourth-order valence-electron chi connectivity index (χ4n) is 3.38. The SMILES string of the molecule is Cc1cc2c(c(=O)n1CCc1ccc(O)cc1)[C@@H](C(C)C)CC(=O)O2. The van der Waals surface area contributed by atoms with Crippen LogP contribution in [0.15, 0.2) is 35.1 Å². The Bertz CT molecular complexity index is 849. The van der Waals surface area contributed by atoms with Crippen LogP contribution in [-0.2, 0) is 17.8 Å². The Hall–Kier alpha value is -2.56. The van der Waals surface area contributed by atoms with Crippen LogP contribution in [0.5, 0.6) is 11.5 Å². The number of aromatic nitrogens is 1. The van der Waals surface area contributed by atoms with Crippen LogP contribution in [0.2, 0.25) is 0 Å². The van der Waals surface area contributed by atoms with Crippen LogP contribution in [0.3, 0.4) is 0 Å². The van der Waals surface area contributed by atoms with Gasteiger partial charge in [-0.15, -0.1) is 0 Å².